The van der Waals surface area contributed by atoms with Crippen LogP contribution in [0.3, 0.4) is 0 Å². The van der Waals surface area contributed by atoms with Crippen LogP contribution in [0, 0.1) is 5.92 Å². The maximum absolute atomic E-state index is 12.7. The fraction of sp³-hybridized carbons (Fsp3) is 0.409. The van der Waals surface area contributed by atoms with E-state index in [1.807, 2.05) is 49.4 Å². The number of hydrogen-bond donors (Lipinski definition) is 1. The second-order valence-corrected chi connectivity index (χ2v) is 8.23. The molecule has 0 radical (unpaired) electrons. The van der Waals surface area contributed by atoms with E-state index < -0.39 is 0 Å². The molecular formula is C22H29NO2S. The third-order valence-corrected chi connectivity index (χ3v) is 5.47. The molecule has 26 heavy (non-hydrogen) atoms. The first kappa shape index (κ1) is 20.4. The molecule has 0 aromatic heterocycles. The quantitative estimate of drug-likeness (QED) is 0.657. The van der Waals surface area contributed by atoms with Crippen molar-refractivity contribution in [1.29, 1.82) is 0 Å². The number of carbonyl (C=O) groups is 1. The van der Waals surface area contributed by atoms with E-state index in [2.05, 4.69) is 31.3 Å². The predicted octanol–water partition coefficient (Wildman–Crippen LogP) is 5.22. The van der Waals surface area contributed by atoms with E-state index in [1.165, 1.54) is 5.56 Å². The molecule has 3 nitrogen and oxygen atoms in total. The van der Waals surface area contributed by atoms with Gasteiger partial charge in [-0.15, -0.1) is 11.8 Å². The summed E-state index contributed by atoms with van der Waals surface area (Å²) < 4.78 is 5.23. The number of amides is 1. The summed E-state index contributed by atoms with van der Waals surface area (Å²) in [4.78, 5) is 12.7. The second kappa shape index (κ2) is 10.3. The Bertz CT molecular complexity index is 670. The molecule has 0 aliphatic carbocycles. The van der Waals surface area contributed by atoms with Gasteiger partial charge in [0.1, 0.15) is 5.75 Å². The molecule has 0 saturated heterocycles. The molecule has 140 valence electrons. The van der Waals surface area contributed by atoms with Crippen LogP contribution < -0.4 is 10.1 Å². The smallest absolute Gasteiger partial charge is 0.233 e. The van der Waals surface area contributed by atoms with Gasteiger partial charge in [-0.25, -0.2) is 0 Å². The molecule has 0 unspecified atom stereocenters. The summed E-state index contributed by atoms with van der Waals surface area (Å²) in [5, 5.41) is 3.14. The van der Waals surface area contributed by atoms with Gasteiger partial charge in [0.15, 0.2) is 0 Å². The average molecular weight is 372 g/mol. The molecule has 4 heteroatoms. The highest BCUT2D eigenvalue weighted by Crippen LogP contribution is 2.25. The van der Waals surface area contributed by atoms with Crippen molar-refractivity contribution >= 4 is 17.7 Å². The van der Waals surface area contributed by atoms with E-state index in [-0.39, 0.29) is 17.2 Å². The first-order valence-corrected chi connectivity index (χ1v) is 10.1. The van der Waals surface area contributed by atoms with E-state index in [1.54, 1.807) is 18.9 Å². The number of nitrogens with one attached hydrogen (secondary N) is 1. The Hall–Kier alpha value is -1.94. The van der Waals surface area contributed by atoms with Crippen molar-refractivity contribution in [2.45, 2.75) is 44.2 Å². The molecule has 2 aromatic carbocycles. The Morgan fingerprint density at radius 3 is 2.27 bits per heavy atom. The molecule has 1 amide bonds. The van der Waals surface area contributed by atoms with Gasteiger partial charge in [0, 0.05) is 5.75 Å². The van der Waals surface area contributed by atoms with Crippen LogP contribution in [0.1, 0.15) is 44.4 Å². The van der Waals surface area contributed by atoms with Crippen LogP contribution in [-0.2, 0) is 10.5 Å². The average Bonchev–Trinajstić information content (AvgIpc) is 2.66. The largest absolute Gasteiger partial charge is 0.497 e. The molecule has 0 aliphatic heterocycles. The van der Waals surface area contributed by atoms with E-state index in [4.69, 9.17) is 4.74 Å². The van der Waals surface area contributed by atoms with E-state index in [0.29, 0.717) is 5.92 Å². The van der Waals surface area contributed by atoms with Gasteiger partial charge in [-0.3, -0.25) is 4.79 Å². The lowest BCUT2D eigenvalue weighted by molar-refractivity contribution is -0.121. The number of benzene rings is 2. The maximum Gasteiger partial charge on any atom is 0.233 e. The van der Waals surface area contributed by atoms with Crippen LogP contribution >= 0.6 is 11.8 Å². The monoisotopic (exact) mass is 371 g/mol. The maximum atomic E-state index is 12.7. The summed E-state index contributed by atoms with van der Waals surface area (Å²) in [6.07, 6.45) is 0.911. The van der Waals surface area contributed by atoms with E-state index >= 15 is 0 Å². The van der Waals surface area contributed by atoms with Crippen molar-refractivity contribution in [1.82, 2.24) is 5.32 Å². The van der Waals surface area contributed by atoms with E-state index in [9.17, 15) is 4.79 Å². The topological polar surface area (TPSA) is 38.3 Å². The minimum atomic E-state index is -0.0943. The lowest BCUT2D eigenvalue weighted by Gasteiger charge is -2.23. The zero-order valence-electron chi connectivity index (χ0n) is 16.1. The van der Waals surface area contributed by atoms with Crippen molar-refractivity contribution in [3.05, 3.63) is 65.7 Å². The normalized spacial score (nSPS) is 13.3. The first-order valence-electron chi connectivity index (χ1n) is 9.09. The fourth-order valence-electron chi connectivity index (χ4n) is 2.75. The molecule has 2 aromatic rings. The van der Waals surface area contributed by atoms with Gasteiger partial charge in [-0.2, -0.15) is 0 Å². The highest BCUT2D eigenvalue weighted by molar-refractivity contribution is 7.99. The summed E-state index contributed by atoms with van der Waals surface area (Å²) in [5.41, 5.74) is 2.36. The molecule has 2 atom stereocenters. The van der Waals surface area contributed by atoms with Crippen LogP contribution in [0.15, 0.2) is 54.6 Å². The van der Waals surface area contributed by atoms with Gasteiger partial charge in [0.05, 0.1) is 18.4 Å². The van der Waals surface area contributed by atoms with Crippen molar-refractivity contribution in [2.75, 3.05) is 7.11 Å². The van der Waals surface area contributed by atoms with Gasteiger partial charge in [-0.05, 0) is 42.5 Å². The number of ether oxygens (including phenoxy) is 1. The molecular weight excluding hydrogens is 342 g/mol. The zero-order chi connectivity index (χ0) is 18.9. The minimum Gasteiger partial charge on any atom is -0.497 e. The Morgan fingerprint density at radius 1 is 1.04 bits per heavy atom. The molecule has 2 rings (SSSR count). The fourth-order valence-corrected chi connectivity index (χ4v) is 3.60. The number of hydrogen-bond acceptors (Lipinski definition) is 3. The number of carbonyl (C=O) groups excluding carboxylic acids is 1. The summed E-state index contributed by atoms with van der Waals surface area (Å²) in [6, 6.07) is 18.2. The Morgan fingerprint density at radius 2 is 1.69 bits per heavy atom. The van der Waals surface area contributed by atoms with Crippen molar-refractivity contribution in [3.63, 3.8) is 0 Å². The molecule has 0 bridgehead atoms. The van der Waals surface area contributed by atoms with Crippen LogP contribution in [0.2, 0.25) is 0 Å². The standard InChI is InChI=1S/C22H29NO2S/c1-16(2)14-21(19-10-12-20(25-4)13-11-19)23-22(24)17(3)26-15-18-8-6-5-7-9-18/h5-13,16-17,21H,14-15H2,1-4H3,(H,23,24)/t17-,21-/m1/s1. The Kier molecular flexibility index (Phi) is 8.05. The molecule has 0 fully saturated rings. The summed E-state index contributed by atoms with van der Waals surface area (Å²) >= 11 is 1.67. The van der Waals surface area contributed by atoms with Gasteiger partial charge in [0.2, 0.25) is 5.91 Å². The summed E-state index contributed by atoms with van der Waals surface area (Å²) in [7, 11) is 1.66. The summed E-state index contributed by atoms with van der Waals surface area (Å²) in [6.45, 7) is 6.33. The second-order valence-electron chi connectivity index (χ2n) is 6.90. The predicted molar refractivity (Wildman–Crippen MR) is 111 cm³/mol. The minimum absolute atomic E-state index is 0.0215. The van der Waals surface area contributed by atoms with Crippen LogP contribution in [0.5, 0.6) is 5.75 Å². The third-order valence-electron chi connectivity index (χ3n) is 4.25. The van der Waals surface area contributed by atoms with Crippen LogP contribution in [0.4, 0.5) is 0 Å². The van der Waals surface area contributed by atoms with Crippen molar-refractivity contribution < 1.29 is 9.53 Å². The van der Waals surface area contributed by atoms with Crippen molar-refractivity contribution in [2.24, 2.45) is 5.92 Å². The van der Waals surface area contributed by atoms with Gasteiger partial charge >= 0.3 is 0 Å². The SMILES string of the molecule is COc1ccc([C@@H](CC(C)C)NC(=O)[C@@H](C)SCc2ccccc2)cc1. The molecule has 0 saturated carbocycles. The van der Waals surface area contributed by atoms with Crippen LogP contribution in [0.25, 0.3) is 0 Å². The van der Waals surface area contributed by atoms with Crippen LogP contribution in [-0.4, -0.2) is 18.3 Å². The van der Waals surface area contributed by atoms with E-state index in [0.717, 1.165) is 23.5 Å². The number of methoxy groups -OCH3 is 1. The van der Waals surface area contributed by atoms with Gasteiger partial charge in [0.25, 0.3) is 0 Å². The number of rotatable bonds is 9. The lowest BCUT2D eigenvalue weighted by atomic mass is 9.96. The Labute approximate surface area is 161 Å². The first-order chi connectivity index (χ1) is 12.5. The van der Waals surface area contributed by atoms with Crippen molar-refractivity contribution in [3.8, 4) is 5.75 Å². The molecule has 0 spiro atoms. The number of thioether (sulfide) groups is 1. The molecule has 1 N–H and O–H groups in total. The lowest BCUT2D eigenvalue weighted by Crippen LogP contribution is -2.35. The molecule has 0 heterocycles. The summed E-state index contributed by atoms with van der Waals surface area (Å²) in [5.74, 6) is 2.25. The zero-order valence-corrected chi connectivity index (χ0v) is 16.9. The highest BCUT2D eigenvalue weighted by atomic mass is 32.2. The van der Waals surface area contributed by atoms with Gasteiger partial charge in [-0.1, -0.05) is 56.3 Å². The molecule has 0 aliphatic rings. The highest BCUT2D eigenvalue weighted by Gasteiger charge is 2.20. The third kappa shape index (κ3) is 6.41. The van der Waals surface area contributed by atoms with Gasteiger partial charge < -0.3 is 10.1 Å². The Balaban J connectivity index is 1.98.